The molecular weight excluding hydrogens is 158 g/mol. The van der Waals surface area contributed by atoms with Crippen molar-refractivity contribution in [2.24, 2.45) is 7.05 Å². The van der Waals surface area contributed by atoms with E-state index in [1.165, 1.54) is 4.68 Å². The Morgan fingerprint density at radius 1 is 1.86 bits per heavy atom. The third-order valence-corrected chi connectivity index (χ3v) is 0.855. The maximum absolute atomic E-state index is 3.78. The SMILES string of the molecule is Cn1[c]nc(Br)n1. The predicted molar refractivity (Wildman–Crippen MR) is 27.5 cm³/mol. The van der Waals surface area contributed by atoms with Crippen LogP contribution in [0.4, 0.5) is 0 Å². The number of hydrogen-bond donors (Lipinski definition) is 0. The van der Waals surface area contributed by atoms with Gasteiger partial charge in [-0.1, -0.05) is 0 Å². The Kier molecular flexibility index (Phi) is 1.10. The zero-order valence-electron chi connectivity index (χ0n) is 3.72. The minimum atomic E-state index is 0.579. The summed E-state index contributed by atoms with van der Waals surface area (Å²) >= 11 is 3.06. The minimum absolute atomic E-state index is 0.579. The molecule has 0 fully saturated rings. The van der Waals surface area contributed by atoms with Gasteiger partial charge in [0.15, 0.2) is 6.33 Å². The van der Waals surface area contributed by atoms with Gasteiger partial charge in [-0.3, -0.25) is 0 Å². The molecular formula is C3H3BrN3. The van der Waals surface area contributed by atoms with E-state index in [0.29, 0.717) is 4.73 Å². The number of rotatable bonds is 0. The lowest BCUT2D eigenvalue weighted by Gasteiger charge is -1.74. The largest absolute Gasteiger partial charge is 0.245 e. The summed E-state index contributed by atoms with van der Waals surface area (Å²) in [6.07, 6.45) is 2.58. The molecule has 7 heavy (non-hydrogen) atoms. The van der Waals surface area contributed by atoms with Gasteiger partial charge in [-0.05, 0) is 15.9 Å². The highest BCUT2D eigenvalue weighted by molar-refractivity contribution is 9.10. The van der Waals surface area contributed by atoms with Gasteiger partial charge >= 0.3 is 0 Å². The Hall–Kier alpha value is -0.380. The first-order chi connectivity index (χ1) is 3.29. The van der Waals surface area contributed by atoms with Crippen molar-refractivity contribution in [2.45, 2.75) is 0 Å². The predicted octanol–water partition coefficient (Wildman–Crippen LogP) is 0.378. The van der Waals surface area contributed by atoms with Crippen LogP contribution in [0.2, 0.25) is 0 Å². The van der Waals surface area contributed by atoms with Crippen molar-refractivity contribution in [1.29, 1.82) is 0 Å². The molecule has 0 aliphatic carbocycles. The number of aromatic nitrogens is 3. The van der Waals surface area contributed by atoms with Crippen molar-refractivity contribution >= 4 is 15.9 Å². The average Bonchev–Trinajstić information content (AvgIpc) is 1.87. The van der Waals surface area contributed by atoms with Gasteiger partial charge in [0.05, 0.1) is 0 Å². The first kappa shape index (κ1) is 4.77. The number of halogens is 1. The molecule has 1 rings (SSSR count). The monoisotopic (exact) mass is 160 g/mol. The summed E-state index contributed by atoms with van der Waals surface area (Å²) < 4.78 is 2.08. The summed E-state index contributed by atoms with van der Waals surface area (Å²) in [6, 6.07) is 0. The molecule has 0 bridgehead atoms. The Bertz CT molecular complexity index is 142. The summed E-state index contributed by atoms with van der Waals surface area (Å²) in [4.78, 5) is 3.66. The fraction of sp³-hybridized carbons (Fsp3) is 0.333. The normalized spacial score (nSPS) is 9.43. The van der Waals surface area contributed by atoms with Gasteiger partial charge in [-0.25, -0.2) is 4.68 Å². The topological polar surface area (TPSA) is 30.7 Å². The third-order valence-electron chi connectivity index (χ3n) is 0.519. The molecule has 0 atom stereocenters. The summed E-state index contributed by atoms with van der Waals surface area (Å²) in [5.74, 6) is 0. The molecule has 0 unspecified atom stereocenters. The fourth-order valence-electron chi connectivity index (χ4n) is 0.282. The van der Waals surface area contributed by atoms with E-state index in [-0.39, 0.29) is 0 Å². The van der Waals surface area contributed by atoms with Crippen LogP contribution in [0.1, 0.15) is 0 Å². The van der Waals surface area contributed by atoms with Gasteiger partial charge in [0.2, 0.25) is 4.73 Å². The Balaban J connectivity index is 3.04. The summed E-state index contributed by atoms with van der Waals surface area (Å²) in [6.45, 7) is 0. The lowest BCUT2D eigenvalue weighted by Crippen LogP contribution is -1.85. The first-order valence-corrected chi connectivity index (χ1v) is 2.52. The third kappa shape index (κ3) is 0.991. The standard InChI is InChI=1S/C3H3BrN3/c1-7-2-5-3(4)6-7/h1H3. The van der Waals surface area contributed by atoms with E-state index in [2.05, 4.69) is 32.3 Å². The van der Waals surface area contributed by atoms with Gasteiger partial charge in [0.25, 0.3) is 0 Å². The van der Waals surface area contributed by atoms with Gasteiger partial charge in [-0.2, -0.15) is 4.98 Å². The lowest BCUT2D eigenvalue weighted by molar-refractivity contribution is 0.753. The van der Waals surface area contributed by atoms with Crippen LogP contribution >= 0.6 is 15.9 Å². The lowest BCUT2D eigenvalue weighted by atomic mass is 11.2. The molecule has 1 heterocycles. The van der Waals surface area contributed by atoms with Crippen molar-refractivity contribution in [3.63, 3.8) is 0 Å². The summed E-state index contributed by atoms with van der Waals surface area (Å²) in [7, 11) is 1.76. The number of aryl methyl sites for hydroxylation is 1. The first-order valence-electron chi connectivity index (χ1n) is 1.73. The van der Waals surface area contributed by atoms with E-state index >= 15 is 0 Å². The van der Waals surface area contributed by atoms with Crippen LogP contribution in [0.5, 0.6) is 0 Å². The van der Waals surface area contributed by atoms with Gasteiger partial charge < -0.3 is 0 Å². The van der Waals surface area contributed by atoms with Crippen LogP contribution in [-0.4, -0.2) is 14.8 Å². The van der Waals surface area contributed by atoms with Crippen molar-refractivity contribution in [3.8, 4) is 0 Å². The smallest absolute Gasteiger partial charge is 0.217 e. The van der Waals surface area contributed by atoms with E-state index in [4.69, 9.17) is 0 Å². The molecule has 0 aliphatic heterocycles. The van der Waals surface area contributed by atoms with Crippen LogP contribution in [0, 0.1) is 6.33 Å². The second-order valence-corrected chi connectivity index (χ2v) is 1.81. The van der Waals surface area contributed by atoms with E-state index in [9.17, 15) is 0 Å². The van der Waals surface area contributed by atoms with Crippen molar-refractivity contribution in [1.82, 2.24) is 14.8 Å². The number of hydrogen-bond acceptors (Lipinski definition) is 2. The fourth-order valence-corrected chi connectivity index (χ4v) is 0.599. The van der Waals surface area contributed by atoms with Crippen molar-refractivity contribution in [2.75, 3.05) is 0 Å². The molecule has 0 aliphatic rings. The zero-order chi connectivity index (χ0) is 5.28. The van der Waals surface area contributed by atoms with Crippen LogP contribution in [0.25, 0.3) is 0 Å². The van der Waals surface area contributed by atoms with E-state index in [1.54, 1.807) is 7.05 Å². The zero-order valence-corrected chi connectivity index (χ0v) is 5.31. The Morgan fingerprint density at radius 2 is 2.57 bits per heavy atom. The van der Waals surface area contributed by atoms with Crippen LogP contribution in [-0.2, 0) is 7.05 Å². The quantitative estimate of drug-likeness (QED) is 0.550. The van der Waals surface area contributed by atoms with Gasteiger partial charge in [0.1, 0.15) is 0 Å². The molecule has 4 heteroatoms. The molecule has 0 saturated carbocycles. The summed E-state index contributed by atoms with van der Waals surface area (Å²) in [5, 5.41) is 3.78. The van der Waals surface area contributed by atoms with Crippen LogP contribution < -0.4 is 0 Å². The Labute approximate surface area is 49.5 Å². The maximum Gasteiger partial charge on any atom is 0.217 e. The van der Waals surface area contributed by atoms with Crippen LogP contribution in [0.3, 0.4) is 0 Å². The molecule has 3 nitrogen and oxygen atoms in total. The molecule has 1 aromatic heterocycles. The second-order valence-electron chi connectivity index (χ2n) is 1.10. The molecule has 0 amide bonds. The molecule has 1 radical (unpaired) electrons. The van der Waals surface area contributed by atoms with Crippen LogP contribution in [0.15, 0.2) is 4.73 Å². The molecule has 0 aromatic carbocycles. The van der Waals surface area contributed by atoms with E-state index in [0.717, 1.165) is 0 Å². The molecule has 1 aromatic rings. The van der Waals surface area contributed by atoms with E-state index < -0.39 is 0 Å². The average molecular weight is 161 g/mol. The highest BCUT2D eigenvalue weighted by atomic mass is 79.9. The van der Waals surface area contributed by atoms with Gasteiger partial charge in [-0.15, -0.1) is 5.10 Å². The molecule has 37 valence electrons. The molecule has 0 N–H and O–H groups in total. The van der Waals surface area contributed by atoms with Crippen molar-refractivity contribution in [3.05, 3.63) is 11.1 Å². The van der Waals surface area contributed by atoms with Gasteiger partial charge in [0, 0.05) is 7.05 Å². The highest BCUT2D eigenvalue weighted by Gasteiger charge is 1.87. The molecule has 0 spiro atoms. The maximum atomic E-state index is 3.78. The minimum Gasteiger partial charge on any atom is -0.245 e. The van der Waals surface area contributed by atoms with E-state index in [1.807, 2.05) is 0 Å². The molecule has 0 saturated heterocycles. The number of nitrogens with zero attached hydrogens (tertiary/aromatic N) is 3. The Morgan fingerprint density at radius 3 is 2.71 bits per heavy atom. The van der Waals surface area contributed by atoms with Crippen molar-refractivity contribution < 1.29 is 0 Å². The highest BCUT2D eigenvalue weighted by Crippen LogP contribution is 1.94. The summed E-state index contributed by atoms with van der Waals surface area (Å²) in [5.41, 5.74) is 0. The second kappa shape index (κ2) is 1.61.